The fourth-order valence-electron chi connectivity index (χ4n) is 1.72. The predicted octanol–water partition coefficient (Wildman–Crippen LogP) is 2.14. The van der Waals surface area contributed by atoms with Crippen LogP contribution in [0.3, 0.4) is 0 Å². The Bertz CT molecular complexity index is 319. The van der Waals surface area contributed by atoms with Crippen LogP contribution in [-0.4, -0.2) is 27.4 Å². The molecule has 92 valence electrons. The molecule has 1 aromatic heterocycles. The summed E-state index contributed by atoms with van der Waals surface area (Å²) in [5.74, 6) is 0.688. The number of aliphatic hydroxyl groups excluding tert-OH is 1. The Kier molecular flexibility index (Phi) is 4.50. The van der Waals surface area contributed by atoms with E-state index < -0.39 is 11.7 Å². The molecule has 0 aromatic carbocycles. The van der Waals surface area contributed by atoms with Crippen LogP contribution in [0.4, 0.5) is 0 Å². The Labute approximate surface area is 97.3 Å². The quantitative estimate of drug-likeness (QED) is 0.808. The standard InChI is InChI=1S/C12H22N2O2/c1-5-8-14-9-7-13-11(14)10(15)12(3,6-2)16-4/h7,9-10,15H,5-6,8H2,1-4H3. The average molecular weight is 226 g/mol. The first-order chi connectivity index (χ1) is 7.59. The van der Waals surface area contributed by atoms with E-state index in [1.807, 2.05) is 24.6 Å². The van der Waals surface area contributed by atoms with E-state index in [2.05, 4.69) is 11.9 Å². The molecule has 2 unspecified atom stereocenters. The fraction of sp³-hybridized carbons (Fsp3) is 0.750. The lowest BCUT2D eigenvalue weighted by Crippen LogP contribution is -2.36. The maximum atomic E-state index is 10.3. The van der Waals surface area contributed by atoms with E-state index in [9.17, 15) is 5.11 Å². The fourth-order valence-corrected chi connectivity index (χ4v) is 1.72. The molecule has 0 aliphatic carbocycles. The van der Waals surface area contributed by atoms with Gasteiger partial charge in [0, 0.05) is 26.0 Å². The minimum Gasteiger partial charge on any atom is -0.382 e. The largest absolute Gasteiger partial charge is 0.382 e. The lowest BCUT2D eigenvalue weighted by atomic mass is 9.95. The molecule has 0 amide bonds. The molecule has 4 heteroatoms. The van der Waals surface area contributed by atoms with Crippen LogP contribution >= 0.6 is 0 Å². The molecular weight excluding hydrogens is 204 g/mol. The zero-order chi connectivity index (χ0) is 12.2. The number of ether oxygens (including phenoxy) is 1. The molecule has 1 heterocycles. The topological polar surface area (TPSA) is 47.3 Å². The van der Waals surface area contributed by atoms with Crippen LogP contribution < -0.4 is 0 Å². The van der Waals surface area contributed by atoms with Crippen molar-refractivity contribution < 1.29 is 9.84 Å². The van der Waals surface area contributed by atoms with Gasteiger partial charge < -0.3 is 14.4 Å². The van der Waals surface area contributed by atoms with E-state index in [4.69, 9.17) is 4.74 Å². The van der Waals surface area contributed by atoms with E-state index in [-0.39, 0.29) is 0 Å². The van der Waals surface area contributed by atoms with Gasteiger partial charge in [-0.3, -0.25) is 0 Å². The molecule has 1 aromatic rings. The minimum atomic E-state index is -0.691. The second-order valence-electron chi connectivity index (χ2n) is 4.25. The molecule has 4 nitrogen and oxygen atoms in total. The Hall–Kier alpha value is -0.870. The van der Waals surface area contributed by atoms with Gasteiger partial charge in [-0.15, -0.1) is 0 Å². The van der Waals surface area contributed by atoms with Gasteiger partial charge in [-0.1, -0.05) is 13.8 Å². The van der Waals surface area contributed by atoms with E-state index in [0.717, 1.165) is 19.4 Å². The average Bonchev–Trinajstić information content (AvgIpc) is 2.75. The van der Waals surface area contributed by atoms with Gasteiger partial charge >= 0.3 is 0 Å². The number of aliphatic hydroxyl groups is 1. The SMILES string of the molecule is CCCn1ccnc1C(O)C(C)(CC)OC. The molecule has 0 saturated heterocycles. The Balaban J connectivity index is 2.94. The maximum absolute atomic E-state index is 10.3. The van der Waals surface area contributed by atoms with E-state index in [1.54, 1.807) is 13.3 Å². The number of methoxy groups -OCH3 is 1. The summed E-state index contributed by atoms with van der Waals surface area (Å²) in [5.41, 5.74) is -0.573. The molecule has 0 aliphatic heterocycles. The van der Waals surface area contributed by atoms with Crippen molar-refractivity contribution >= 4 is 0 Å². The lowest BCUT2D eigenvalue weighted by molar-refractivity contribution is -0.0988. The lowest BCUT2D eigenvalue weighted by Gasteiger charge is -2.31. The maximum Gasteiger partial charge on any atom is 0.140 e. The van der Waals surface area contributed by atoms with E-state index in [1.165, 1.54) is 0 Å². The number of imidazole rings is 1. The monoisotopic (exact) mass is 226 g/mol. The van der Waals surface area contributed by atoms with Crippen LogP contribution in [0, 0.1) is 0 Å². The third kappa shape index (κ3) is 2.44. The highest BCUT2D eigenvalue weighted by Gasteiger charge is 2.34. The molecule has 1 rings (SSSR count). The van der Waals surface area contributed by atoms with Gasteiger partial charge in [0.05, 0.1) is 5.60 Å². The van der Waals surface area contributed by atoms with Crippen molar-refractivity contribution in [3.8, 4) is 0 Å². The van der Waals surface area contributed by atoms with Gasteiger partial charge in [-0.05, 0) is 19.8 Å². The minimum absolute atomic E-state index is 0.573. The van der Waals surface area contributed by atoms with Crippen LogP contribution in [0.15, 0.2) is 12.4 Å². The number of hydrogen-bond acceptors (Lipinski definition) is 3. The third-order valence-corrected chi connectivity index (χ3v) is 3.20. The van der Waals surface area contributed by atoms with Gasteiger partial charge in [0.25, 0.3) is 0 Å². The van der Waals surface area contributed by atoms with Crippen LogP contribution in [0.2, 0.25) is 0 Å². The van der Waals surface area contributed by atoms with Gasteiger partial charge in [0.1, 0.15) is 11.9 Å². The number of aryl methyl sites for hydroxylation is 1. The first kappa shape index (κ1) is 13.2. The Morgan fingerprint density at radius 1 is 1.56 bits per heavy atom. The second kappa shape index (κ2) is 5.46. The number of aromatic nitrogens is 2. The molecule has 0 bridgehead atoms. The summed E-state index contributed by atoms with van der Waals surface area (Å²) in [4.78, 5) is 4.23. The second-order valence-corrected chi connectivity index (χ2v) is 4.25. The van der Waals surface area contributed by atoms with E-state index >= 15 is 0 Å². The highest BCUT2D eigenvalue weighted by Crippen LogP contribution is 2.30. The van der Waals surface area contributed by atoms with Gasteiger partial charge in [0.2, 0.25) is 0 Å². The van der Waals surface area contributed by atoms with Crippen LogP contribution in [-0.2, 0) is 11.3 Å². The molecule has 0 radical (unpaired) electrons. The summed E-state index contributed by atoms with van der Waals surface area (Å²) >= 11 is 0. The molecule has 2 atom stereocenters. The molecule has 0 spiro atoms. The summed E-state index contributed by atoms with van der Waals surface area (Å²) in [6.45, 7) is 6.88. The van der Waals surface area contributed by atoms with Crippen molar-refractivity contribution in [2.75, 3.05) is 7.11 Å². The molecule has 1 N–H and O–H groups in total. The van der Waals surface area contributed by atoms with Crippen molar-refractivity contribution in [3.05, 3.63) is 18.2 Å². The van der Waals surface area contributed by atoms with Crippen molar-refractivity contribution in [1.29, 1.82) is 0 Å². The molecule has 16 heavy (non-hydrogen) atoms. The van der Waals surface area contributed by atoms with Gasteiger partial charge in [-0.25, -0.2) is 4.98 Å². The van der Waals surface area contributed by atoms with E-state index in [0.29, 0.717) is 5.82 Å². The number of hydrogen-bond donors (Lipinski definition) is 1. The van der Waals surface area contributed by atoms with Gasteiger partial charge in [-0.2, -0.15) is 0 Å². The first-order valence-electron chi connectivity index (χ1n) is 5.83. The van der Waals surface area contributed by atoms with Crippen LogP contribution in [0.25, 0.3) is 0 Å². The van der Waals surface area contributed by atoms with Crippen molar-refractivity contribution in [2.45, 2.75) is 51.9 Å². The Morgan fingerprint density at radius 3 is 2.75 bits per heavy atom. The summed E-state index contributed by atoms with van der Waals surface area (Å²) < 4.78 is 7.39. The molecule has 0 aliphatic rings. The highest BCUT2D eigenvalue weighted by atomic mass is 16.5. The van der Waals surface area contributed by atoms with Gasteiger partial charge in [0.15, 0.2) is 0 Å². The number of rotatable bonds is 6. The van der Waals surface area contributed by atoms with Crippen molar-refractivity contribution in [1.82, 2.24) is 9.55 Å². The first-order valence-corrected chi connectivity index (χ1v) is 5.83. The Morgan fingerprint density at radius 2 is 2.25 bits per heavy atom. The summed E-state index contributed by atoms with van der Waals surface area (Å²) in [6.07, 6.45) is 4.69. The molecule has 0 fully saturated rings. The smallest absolute Gasteiger partial charge is 0.140 e. The van der Waals surface area contributed by atoms with Crippen molar-refractivity contribution in [2.24, 2.45) is 0 Å². The number of nitrogens with zero attached hydrogens (tertiary/aromatic N) is 2. The summed E-state index contributed by atoms with van der Waals surface area (Å²) in [6, 6.07) is 0. The predicted molar refractivity (Wildman–Crippen MR) is 63.2 cm³/mol. The normalized spacial score (nSPS) is 17.1. The highest BCUT2D eigenvalue weighted by molar-refractivity contribution is 5.03. The van der Waals surface area contributed by atoms with Crippen LogP contribution in [0.1, 0.15) is 45.5 Å². The van der Waals surface area contributed by atoms with Crippen molar-refractivity contribution in [3.63, 3.8) is 0 Å². The summed E-state index contributed by atoms with van der Waals surface area (Å²) in [5, 5.41) is 10.3. The van der Waals surface area contributed by atoms with Crippen LogP contribution in [0.5, 0.6) is 0 Å². The molecule has 0 saturated carbocycles. The zero-order valence-electron chi connectivity index (χ0n) is 10.6. The zero-order valence-corrected chi connectivity index (χ0v) is 10.6. The summed E-state index contributed by atoms with van der Waals surface area (Å²) in [7, 11) is 1.62. The third-order valence-electron chi connectivity index (χ3n) is 3.20. The molecular formula is C12H22N2O2.